The predicted octanol–water partition coefficient (Wildman–Crippen LogP) is 0.400. The Bertz CT molecular complexity index is 70.1. The molecule has 0 radical (unpaired) electrons. The zero-order valence-electron chi connectivity index (χ0n) is 7.50. The first-order valence-electron chi connectivity index (χ1n) is 3.51. The number of hydrogen-bond donors (Lipinski definition) is 1. The fourth-order valence-electron chi connectivity index (χ4n) is 0.510. The summed E-state index contributed by atoms with van der Waals surface area (Å²) in [4.78, 5) is 0. The highest BCUT2D eigenvalue weighted by molar-refractivity contribution is 7.83. The van der Waals surface area contributed by atoms with E-state index < -0.39 is 10.8 Å². The van der Waals surface area contributed by atoms with Gasteiger partial charge in [-0.1, -0.05) is 0 Å². The molecule has 1 saturated heterocycles. The molecular formula is C7H18O3S. The summed E-state index contributed by atoms with van der Waals surface area (Å²) in [5.41, 5.74) is 0. The lowest BCUT2D eigenvalue weighted by molar-refractivity contribution is 0.198. The third-order valence-corrected chi connectivity index (χ3v) is 0.827. The van der Waals surface area contributed by atoms with Gasteiger partial charge in [-0.15, -0.1) is 0 Å². The number of aliphatic hydroxyl groups excluding tert-OH is 1. The van der Waals surface area contributed by atoms with Crippen LogP contribution in [-0.4, -0.2) is 42.2 Å². The summed E-state index contributed by atoms with van der Waals surface area (Å²) in [5.74, 6) is 0. The first-order chi connectivity index (χ1) is 5.23. The molecule has 0 aromatic carbocycles. The van der Waals surface area contributed by atoms with E-state index >= 15 is 0 Å². The highest BCUT2D eigenvalue weighted by atomic mass is 32.2. The molecule has 0 saturated carbocycles. The maximum absolute atomic E-state index is 9.56. The van der Waals surface area contributed by atoms with Gasteiger partial charge in [0.25, 0.3) is 0 Å². The number of rotatable bonds is 0. The topological polar surface area (TPSA) is 46.5 Å². The van der Waals surface area contributed by atoms with Crippen molar-refractivity contribution in [1.29, 1.82) is 0 Å². The van der Waals surface area contributed by atoms with Gasteiger partial charge >= 0.3 is 0 Å². The fourth-order valence-corrected chi connectivity index (χ4v) is 0.510. The Labute approximate surface area is 71.2 Å². The van der Waals surface area contributed by atoms with E-state index in [1.54, 1.807) is 12.5 Å². The van der Waals surface area contributed by atoms with Crippen molar-refractivity contribution in [3.8, 4) is 0 Å². The summed E-state index contributed by atoms with van der Waals surface area (Å²) in [6.45, 7) is 2.00. The Balaban J connectivity index is 0. The van der Waals surface area contributed by atoms with Gasteiger partial charge in [0.1, 0.15) is 0 Å². The van der Waals surface area contributed by atoms with E-state index in [0.717, 1.165) is 20.3 Å². The minimum atomic E-state index is -0.611. The van der Waals surface area contributed by atoms with Crippen molar-refractivity contribution in [2.45, 2.75) is 12.8 Å². The molecule has 0 spiro atoms. The first kappa shape index (κ1) is 13.6. The van der Waals surface area contributed by atoms with Crippen LogP contribution in [0.25, 0.3) is 0 Å². The Hall–Kier alpha value is 0.0700. The van der Waals surface area contributed by atoms with Crippen molar-refractivity contribution in [1.82, 2.24) is 0 Å². The molecule has 11 heavy (non-hydrogen) atoms. The van der Waals surface area contributed by atoms with Gasteiger partial charge in [0.05, 0.1) is 0 Å². The van der Waals surface area contributed by atoms with Crippen LogP contribution in [0.15, 0.2) is 0 Å². The lowest BCUT2D eigenvalue weighted by Gasteiger charge is -1.76. The van der Waals surface area contributed by atoms with Crippen LogP contribution in [-0.2, 0) is 15.5 Å². The van der Waals surface area contributed by atoms with E-state index in [1.807, 2.05) is 0 Å². The Morgan fingerprint density at radius 2 is 1.45 bits per heavy atom. The average Bonchev–Trinajstić information content (AvgIpc) is 2.44. The van der Waals surface area contributed by atoms with Crippen LogP contribution in [0.5, 0.6) is 0 Å². The van der Waals surface area contributed by atoms with Crippen molar-refractivity contribution in [3.05, 3.63) is 0 Å². The van der Waals surface area contributed by atoms with Crippen LogP contribution in [0.1, 0.15) is 12.8 Å². The molecule has 1 aliphatic heterocycles. The SMILES string of the molecule is C1CCOC1.CO.CS(C)=O. The molecule has 1 heterocycles. The third-order valence-electron chi connectivity index (χ3n) is 0.827. The van der Waals surface area contributed by atoms with Crippen LogP contribution in [0.4, 0.5) is 0 Å². The highest BCUT2D eigenvalue weighted by Gasteiger charge is 1.94. The third kappa shape index (κ3) is 25.5. The van der Waals surface area contributed by atoms with Gasteiger partial charge in [-0.05, 0) is 12.8 Å². The molecule has 0 aromatic rings. The van der Waals surface area contributed by atoms with E-state index in [2.05, 4.69) is 0 Å². The molecule has 0 unspecified atom stereocenters. The van der Waals surface area contributed by atoms with Crippen molar-refractivity contribution in [3.63, 3.8) is 0 Å². The zero-order valence-corrected chi connectivity index (χ0v) is 8.32. The molecule has 1 N–H and O–H groups in total. The summed E-state index contributed by atoms with van der Waals surface area (Å²) in [5, 5.41) is 7.00. The maximum atomic E-state index is 9.56. The molecule has 1 aliphatic rings. The average molecular weight is 182 g/mol. The summed E-state index contributed by atoms with van der Waals surface area (Å²) >= 11 is 0. The fraction of sp³-hybridized carbons (Fsp3) is 1.00. The van der Waals surface area contributed by atoms with Gasteiger partial charge in [-0.25, -0.2) is 0 Å². The largest absolute Gasteiger partial charge is 0.400 e. The van der Waals surface area contributed by atoms with Crippen LogP contribution < -0.4 is 0 Å². The second-order valence-corrected chi connectivity index (χ2v) is 3.54. The highest BCUT2D eigenvalue weighted by Crippen LogP contribution is 1.98. The molecule has 0 amide bonds. The second-order valence-electron chi connectivity index (χ2n) is 2.06. The number of hydrogen-bond acceptors (Lipinski definition) is 3. The van der Waals surface area contributed by atoms with E-state index in [4.69, 9.17) is 9.84 Å². The lowest BCUT2D eigenvalue weighted by atomic mass is 10.4. The molecule has 0 aromatic heterocycles. The molecule has 70 valence electrons. The summed E-state index contributed by atoms with van der Waals surface area (Å²) in [6.07, 6.45) is 5.83. The van der Waals surface area contributed by atoms with Crippen molar-refractivity contribution in [2.24, 2.45) is 0 Å². The van der Waals surface area contributed by atoms with Crippen molar-refractivity contribution >= 4 is 10.8 Å². The molecule has 4 heteroatoms. The zero-order chi connectivity index (χ0) is 9.11. The summed E-state index contributed by atoms with van der Waals surface area (Å²) in [6, 6.07) is 0. The standard InChI is InChI=1S/C4H8O.C2H6OS.CH4O/c1-2-4-5-3-1;1-4(2)3;1-2/h1-4H2;1-2H3;2H,1H3. The van der Waals surface area contributed by atoms with Gasteiger partial charge in [-0.2, -0.15) is 0 Å². The van der Waals surface area contributed by atoms with Gasteiger partial charge in [-0.3, -0.25) is 4.21 Å². The van der Waals surface area contributed by atoms with Gasteiger partial charge < -0.3 is 9.84 Å². The predicted molar refractivity (Wildman–Crippen MR) is 48.2 cm³/mol. The minimum absolute atomic E-state index is 0.611. The lowest BCUT2D eigenvalue weighted by Crippen LogP contribution is -1.74. The van der Waals surface area contributed by atoms with E-state index in [1.165, 1.54) is 12.8 Å². The monoisotopic (exact) mass is 182 g/mol. The molecule has 0 aliphatic carbocycles. The van der Waals surface area contributed by atoms with E-state index in [9.17, 15) is 4.21 Å². The van der Waals surface area contributed by atoms with E-state index in [0.29, 0.717) is 0 Å². The van der Waals surface area contributed by atoms with Crippen LogP contribution >= 0.6 is 0 Å². The van der Waals surface area contributed by atoms with Crippen LogP contribution in [0.3, 0.4) is 0 Å². The second kappa shape index (κ2) is 12.7. The Morgan fingerprint density at radius 1 is 1.18 bits per heavy atom. The quantitative estimate of drug-likeness (QED) is 0.590. The van der Waals surface area contributed by atoms with Crippen molar-refractivity contribution < 1.29 is 14.1 Å². The number of ether oxygens (including phenoxy) is 1. The van der Waals surface area contributed by atoms with Gasteiger partial charge in [0, 0.05) is 43.6 Å². The van der Waals surface area contributed by atoms with E-state index in [-0.39, 0.29) is 0 Å². The van der Waals surface area contributed by atoms with Crippen molar-refractivity contribution in [2.75, 3.05) is 32.8 Å². The van der Waals surface area contributed by atoms with Gasteiger partial charge in [0.2, 0.25) is 0 Å². The molecule has 3 nitrogen and oxygen atoms in total. The molecule has 0 bridgehead atoms. The Kier molecular flexibility index (Phi) is 15.8. The first-order valence-corrected chi connectivity index (χ1v) is 5.47. The maximum Gasteiger partial charge on any atom is 0.0466 e. The smallest absolute Gasteiger partial charge is 0.0466 e. The summed E-state index contributed by atoms with van der Waals surface area (Å²) in [7, 11) is 0.389. The normalized spacial score (nSPS) is 14.6. The summed E-state index contributed by atoms with van der Waals surface area (Å²) < 4.78 is 14.5. The molecule has 1 rings (SSSR count). The van der Waals surface area contributed by atoms with Crippen LogP contribution in [0, 0.1) is 0 Å². The minimum Gasteiger partial charge on any atom is -0.400 e. The number of aliphatic hydroxyl groups is 1. The van der Waals surface area contributed by atoms with Crippen LogP contribution in [0.2, 0.25) is 0 Å². The molecule has 0 atom stereocenters. The molecular weight excluding hydrogens is 164 g/mol. The molecule has 1 fully saturated rings. The van der Waals surface area contributed by atoms with Gasteiger partial charge in [0.15, 0.2) is 0 Å². The Morgan fingerprint density at radius 3 is 1.55 bits per heavy atom.